The van der Waals surface area contributed by atoms with E-state index in [1.165, 1.54) is 10.6 Å². The number of sulfonamides is 1. The van der Waals surface area contributed by atoms with Gasteiger partial charge in [0.2, 0.25) is 15.9 Å². The number of benzene rings is 2. The molecule has 0 bridgehead atoms. The Hall–Kier alpha value is -2.34. The summed E-state index contributed by atoms with van der Waals surface area (Å²) in [5.74, 6) is -0.210. The van der Waals surface area contributed by atoms with Crippen LogP contribution in [-0.4, -0.2) is 27.1 Å². The zero-order valence-electron chi connectivity index (χ0n) is 16.7. The van der Waals surface area contributed by atoms with E-state index in [-0.39, 0.29) is 18.9 Å². The molecule has 0 spiro atoms. The number of carbonyl (C=O) groups excluding carboxylic acids is 1. The van der Waals surface area contributed by atoms with E-state index in [1.807, 2.05) is 64.1 Å². The van der Waals surface area contributed by atoms with Gasteiger partial charge in [0.1, 0.15) is 0 Å². The van der Waals surface area contributed by atoms with Gasteiger partial charge in [-0.3, -0.25) is 9.10 Å². The number of nitrogens with one attached hydrogen (secondary N) is 1. The molecule has 2 rings (SSSR count). The number of aryl methyl sites for hydroxylation is 4. The zero-order chi connectivity index (χ0) is 20.2. The van der Waals surface area contributed by atoms with Crippen molar-refractivity contribution in [2.24, 2.45) is 0 Å². The van der Waals surface area contributed by atoms with Crippen molar-refractivity contribution in [2.75, 3.05) is 22.4 Å². The van der Waals surface area contributed by atoms with E-state index in [9.17, 15) is 13.2 Å². The van der Waals surface area contributed by atoms with Crippen molar-refractivity contribution in [2.45, 2.75) is 40.5 Å². The highest BCUT2D eigenvalue weighted by Crippen LogP contribution is 2.28. The minimum absolute atomic E-state index is 0.0808. The van der Waals surface area contributed by atoms with Gasteiger partial charge in [-0.2, -0.15) is 0 Å². The third-order valence-electron chi connectivity index (χ3n) is 4.68. The third-order valence-corrected chi connectivity index (χ3v) is 5.85. The third kappa shape index (κ3) is 5.32. The van der Waals surface area contributed by atoms with Crippen molar-refractivity contribution in [3.8, 4) is 0 Å². The fourth-order valence-electron chi connectivity index (χ4n) is 3.05. The molecule has 1 amide bonds. The summed E-state index contributed by atoms with van der Waals surface area (Å²) in [7, 11) is -3.50. The standard InChI is InChI=1S/C21H28N2O3S/c1-6-18-9-7-8-16(3)21(18)23(27(5,25)26)13-12-20(24)22-19-11-10-15(2)17(4)14-19/h7-11,14H,6,12-13H2,1-5H3,(H,22,24). The first kappa shape index (κ1) is 21.0. The highest BCUT2D eigenvalue weighted by Gasteiger charge is 2.22. The van der Waals surface area contributed by atoms with Crippen LogP contribution in [0, 0.1) is 20.8 Å². The van der Waals surface area contributed by atoms with Gasteiger partial charge in [0.25, 0.3) is 0 Å². The van der Waals surface area contributed by atoms with Gasteiger partial charge in [-0.15, -0.1) is 0 Å². The van der Waals surface area contributed by atoms with Gasteiger partial charge >= 0.3 is 0 Å². The van der Waals surface area contributed by atoms with E-state index in [0.29, 0.717) is 5.69 Å². The van der Waals surface area contributed by atoms with Crippen LogP contribution in [-0.2, 0) is 21.2 Å². The Morgan fingerprint density at radius 1 is 1.04 bits per heavy atom. The van der Waals surface area contributed by atoms with Crippen LogP contribution in [0.4, 0.5) is 11.4 Å². The number of carbonyl (C=O) groups is 1. The van der Waals surface area contributed by atoms with Crippen LogP contribution in [0.25, 0.3) is 0 Å². The molecule has 6 heteroatoms. The van der Waals surface area contributed by atoms with E-state index in [0.717, 1.165) is 34.4 Å². The summed E-state index contributed by atoms with van der Waals surface area (Å²) in [4.78, 5) is 12.4. The Morgan fingerprint density at radius 2 is 1.74 bits per heavy atom. The molecule has 2 aromatic carbocycles. The minimum atomic E-state index is -3.50. The highest BCUT2D eigenvalue weighted by atomic mass is 32.2. The lowest BCUT2D eigenvalue weighted by Gasteiger charge is -2.26. The number of amides is 1. The van der Waals surface area contributed by atoms with Gasteiger partial charge in [0.15, 0.2) is 0 Å². The largest absolute Gasteiger partial charge is 0.326 e. The Bertz CT molecular complexity index is 936. The van der Waals surface area contributed by atoms with Gasteiger partial charge in [0.05, 0.1) is 11.9 Å². The van der Waals surface area contributed by atoms with Gasteiger partial charge in [-0.05, 0) is 61.6 Å². The fraction of sp³-hybridized carbons (Fsp3) is 0.381. The number of anilines is 2. The smallest absolute Gasteiger partial charge is 0.232 e. The van der Waals surface area contributed by atoms with E-state index in [1.54, 1.807) is 0 Å². The maximum Gasteiger partial charge on any atom is 0.232 e. The molecule has 5 nitrogen and oxygen atoms in total. The summed E-state index contributed by atoms with van der Waals surface area (Å²) < 4.78 is 26.1. The predicted molar refractivity (Wildman–Crippen MR) is 112 cm³/mol. The Labute approximate surface area is 162 Å². The normalized spacial score (nSPS) is 11.3. The molecule has 2 aromatic rings. The van der Waals surface area contributed by atoms with Gasteiger partial charge < -0.3 is 5.32 Å². The number of hydrogen-bond donors (Lipinski definition) is 1. The van der Waals surface area contributed by atoms with E-state index < -0.39 is 10.0 Å². The Morgan fingerprint density at radius 3 is 2.33 bits per heavy atom. The quantitative estimate of drug-likeness (QED) is 0.780. The summed E-state index contributed by atoms with van der Waals surface area (Å²) >= 11 is 0. The van der Waals surface area contributed by atoms with E-state index >= 15 is 0 Å². The molecular formula is C21H28N2O3S. The van der Waals surface area contributed by atoms with Crippen LogP contribution in [0.5, 0.6) is 0 Å². The molecule has 0 radical (unpaired) electrons. The summed E-state index contributed by atoms with van der Waals surface area (Å²) in [5.41, 5.74) is 5.49. The lowest BCUT2D eigenvalue weighted by atomic mass is 10.1. The molecule has 0 saturated carbocycles. The Kier molecular flexibility index (Phi) is 6.65. The van der Waals surface area contributed by atoms with Crippen molar-refractivity contribution in [1.82, 2.24) is 0 Å². The topological polar surface area (TPSA) is 66.5 Å². The van der Waals surface area contributed by atoms with Gasteiger partial charge in [-0.25, -0.2) is 8.42 Å². The Balaban J connectivity index is 2.18. The molecule has 0 aliphatic carbocycles. The van der Waals surface area contributed by atoms with E-state index in [4.69, 9.17) is 0 Å². The molecule has 0 aliphatic heterocycles. The molecular weight excluding hydrogens is 360 g/mol. The minimum Gasteiger partial charge on any atom is -0.326 e. The number of hydrogen-bond acceptors (Lipinski definition) is 3. The number of para-hydroxylation sites is 1. The molecule has 1 N–H and O–H groups in total. The average molecular weight is 389 g/mol. The molecule has 0 aromatic heterocycles. The molecule has 0 fully saturated rings. The SMILES string of the molecule is CCc1cccc(C)c1N(CCC(=O)Nc1ccc(C)c(C)c1)S(C)(=O)=O. The molecule has 146 valence electrons. The monoisotopic (exact) mass is 388 g/mol. The molecule has 0 atom stereocenters. The maximum absolute atomic E-state index is 12.4. The van der Waals surface area contributed by atoms with Gasteiger partial charge in [-0.1, -0.05) is 31.2 Å². The maximum atomic E-state index is 12.4. The second kappa shape index (κ2) is 8.57. The van der Waals surface area contributed by atoms with Crippen molar-refractivity contribution in [1.29, 1.82) is 0 Å². The zero-order valence-corrected chi connectivity index (χ0v) is 17.5. The first-order valence-electron chi connectivity index (χ1n) is 9.06. The van der Waals surface area contributed by atoms with Crippen LogP contribution >= 0.6 is 0 Å². The average Bonchev–Trinajstić information content (AvgIpc) is 2.58. The first-order chi connectivity index (χ1) is 12.6. The number of rotatable bonds is 7. The van der Waals surface area contributed by atoms with E-state index in [2.05, 4.69) is 5.32 Å². The molecule has 0 aliphatic rings. The molecule has 0 saturated heterocycles. The highest BCUT2D eigenvalue weighted by molar-refractivity contribution is 7.92. The predicted octanol–water partition coefficient (Wildman–Crippen LogP) is 3.97. The van der Waals surface area contributed by atoms with Crippen molar-refractivity contribution < 1.29 is 13.2 Å². The lowest BCUT2D eigenvalue weighted by Crippen LogP contribution is -2.34. The summed E-state index contributed by atoms with van der Waals surface area (Å²) in [6.45, 7) is 7.99. The lowest BCUT2D eigenvalue weighted by molar-refractivity contribution is -0.116. The van der Waals surface area contributed by atoms with Crippen LogP contribution in [0.1, 0.15) is 35.6 Å². The summed E-state index contributed by atoms with van der Waals surface area (Å²) in [5, 5.41) is 2.85. The van der Waals surface area contributed by atoms with Crippen molar-refractivity contribution in [3.05, 3.63) is 58.7 Å². The molecule has 0 heterocycles. The van der Waals surface area contributed by atoms with Crippen molar-refractivity contribution >= 4 is 27.3 Å². The second-order valence-electron chi connectivity index (χ2n) is 6.87. The van der Waals surface area contributed by atoms with Gasteiger partial charge in [0, 0.05) is 18.7 Å². The van der Waals surface area contributed by atoms with Crippen molar-refractivity contribution in [3.63, 3.8) is 0 Å². The molecule has 27 heavy (non-hydrogen) atoms. The van der Waals surface area contributed by atoms with Crippen LogP contribution < -0.4 is 9.62 Å². The second-order valence-corrected chi connectivity index (χ2v) is 8.78. The van der Waals surface area contributed by atoms with Crippen LogP contribution in [0.15, 0.2) is 36.4 Å². The molecule has 0 unspecified atom stereocenters. The van der Waals surface area contributed by atoms with Crippen LogP contribution in [0.2, 0.25) is 0 Å². The van der Waals surface area contributed by atoms with Crippen LogP contribution in [0.3, 0.4) is 0 Å². The number of nitrogens with zero attached hydrogens (tertiary/aromatic N) is 1. The summed E-state index contributed by atoms with van der Waals surface area (Å²) in [6, 6.07) is 11.5. The first-order valence-corrected chi connectivity index (χ1v) is 10.9. The summed E-state index contributed by atoms with van der Waals surface area (Å²) in [6.07, 6.45) is 1.98. The fourth-order valence-corrected chi connectivity index (χ4v) is 4.07.